The molecule has 12 heteroatoms. The molecule has 2 aromatic carbocycles. The van der Waals surface area contributed by atoms with Crippen molar-refractivity contribution < 1.29 is 23.9 Å². The van der Waals surface area contributed by atoms with Crippen LogP contribution in [-0.4, -0.2) is 52.7 Å². The van der Waals surface area contributed by atoms with Crippen LogP contribution in [0, 0.1) is 10.1 Å². The van der Waals surface area contributed by atoms with Crippen LogP contribution < -0.4 is 19.5 Å². The molecule has 0 aliphatic carbocycles. The Morgan fingerprint density at radius 2 is 1.79 bits per heavy atom. The van der Waals surface area contributed by atoms with Gasteiger partial charge in [0.2, 0.25) is 5.91 Å². The summed E-state index contributed by atoms with van der Waals surface area (Å²) in [7, 11) is 4.52. The van der Waals surface area contributed by atoms with Crippen LogP contribution in [-0.2, 0) is 11.3 Å². The van der Waals surface area contributed by atoms with Gasteiger partial charge in [0.05, 0.1) is 43.8 Å². The Labute approximate surface area is 194 Å². The Morgan fingerprint density at radius 3 is 2.36 bits per heavy atom. The first-order chi connectivity index (χ1) is 15.9. The Bertz CT molecular complexity index is 1140. The molecule has 1 aromatic heterocycles. The number of hydrogen-bond donors (Lipinski definition) is 1. The molecule has 1 N–H and O–H groups in total. The molecule has 0 saturated carbocycles. The maximum atomic E-state index is 12.5. The number of nitro groups is 1. The molecule has 0 bridgehead atoms. The summed E-state index contributed by atoms with van der Waals surface area (Å²) in [6.07, 6.45) is 0. The molecule has 33 heavy (non-hydrogen) atoms. The second-order valence-electron chi connectivity index (χ2n) is 6.63. The number of rotatable bonds is 10. The zero-order valence-electron chi connectivity index (χ0n) is 18.5. The van der Waals surface area contributed by atoms with Crippen LogP contribution in [0.4, 0.5) is 11.4 Å². The summed E-state index contributed by atoms with van der Waals surface area (Å²) in [4.78, 5) is 22.9. The van der Waals surface area contributed by atoms with Gasteiger partial charge in [0.25, 0.3) is 5.69 Å². The van der Waals surface area contributed by atoms with E-state index < -0.39 is 4.92 Å². The highest BCUT2D eigenvalue weighted by Gasteiger charge is 2.18. The van der Waals surface area contributed by atoms with Crippen LogP contribution in [0.5, 0.6) is 17.2 Å². The van der Waals surface area contributed by atoms with Crippen molar-refractivity contribution in [2.75, 3.05) is 32.4 Å². The fourth-order valence-corrected chi connectivity index (χ4v) is 3.85. The summed E-state index contributed by atoms with van der Waals surface area (Å²) in [5, 5.41) is 22.7. The number of nitrogens with one attached hydrogen (secondary N) is 1. The number of anilines is 1. The number of non-ortho nitro benzene ring substituents is 1. The first-order valence-electron chi connectivity index (χ1n) is 9.81. The average molecular weight is 474 g/mol. The van der Waals surface area contributed by atoms with Crippen molar-refractivity contribution in [1.82, 2.24) is 14.8 Å². The number of thioether (sulfide) groups is 1. The maximum Gasteiger partial charge on any atom is 0.273 e. The Kier molecular flexibility index (Phi) is 7.72. The number of nitro benzene ring substituents is 1. The molecule has 0 fully saturated rings. The van der Waals surface area contributed by atoms with Crippen LogP contribution in [0.1, 0.15) is 6.92 Å². The summed E-state index contributed by atoms with van der Waals surface area (Å²) in [5.74, 6) is 1.81. The van der Waals surface area contributed by atoms with E-state index in [-0.39, 0.29) is 23.1 Å². The normalized spacial score (nSPS) is 10.5. The fourth-order valence-electron chi connectivity index (χ4n) is 3.04. The van der Waals surface area contributed by atoms with Crippen molar-refractivity contribution in [3.63, 3.8) is 0 Å². The third-order valence-corrected chi connectivity index (χ3v) is 5.61. The molecule has 1 amide bonds. The van der Waals surface area contributed by atoms with Crippen molar-refractivity contribution in [3.05, 3.63) is 46.5 Å². The highest BCUT2D eigenvalue weighted by molar-refractivity contribution is 7.99. The minimum atomic E-state index is -0.531. The van der Waals surface area contributed by atoms with Gasteiger partial charge in [0.1, 0.15) is 17.2 Å². The van der Waals surface area contributed by atoms with E-state index in [1.807, 2.05) is 23.6 Å². The molecule has 1 heterocycles. The molecule has 0 atom stereocenters. The SMILES string of the molecule is CCn1c(SCC(=O)Nc2ccc([N+](=O)[O-])cc2OC)nnc1-c1cc(OC)cc(OC)c1. The van der Waals surface area contributed by atoms with E-state index in [9.17, 15) is 14.9 Å². The second-order valence-corrected chi connectivity index (χ2v) is 7.57. The van der Waals surface area contributed by atoms with Gasteiger partial charge in [-0.15, -0.1) is 10.2 Å². The van der Waals surface area contributed by atoms with E-state index in [0.29, 0.717) is 34.7 Å². The van der Waals surface area contributed by atoms with E-state index in [4.69, 9.17) is 14.2 Å². The summed E-state index contributed by atoms with van der Waals surface area (Å²) < 4.78 is 17.7. The summed E-state index contributed by atoms with van der Waals surface area (Å²) in [6, 6.07) is 9.42. The molecular formula is C21H23N5O6S. The lowest BCUT2D eigenvalue weighted by molar-refractivity contribution is -0.384. The second kappa shape index (κ2) is 10.7. The zero-order valence-corrected chi connectivity index (χ0v) is 19.3. The number of aromatic nitrogens is 3. The summed E-state index contributed by atoms with van der Waals surface area (Å²) in [6.45, 7) is 2.54. The standard InChI is InChI=1S/C21H23N5O6S/c1-5-25-20(13-8-15(30-2)11-16(9-13)31-3)23-24-21(25)33-12-19(27)22-17-7-6-14(26(28)29)10-18(17)32-4/h6-11H,5,12H2,1-4H3,(H,22,27). The van der Waals surface area contributed by atoms with Gasteiger partial charge >= 0.3 is 0 Å². The summed E-state index contributed by atoms with van der Waals surface area (Å²) in [5.41, 5.74) is 0.985. The summed E-state index contributed by atoms with van der Waals surface area (Å²) >= 11 is 1.22. The van der Waals surface area contributed by atoms with Crippen molar-refractivity contribution >= 4 is 29.0 Å². The Hall–Kier alpha value is -3.80. The van der Waals surface area contributed by atoms with Gasteiger partial charge in [-0.2, -0.15) is 0 Å². The van der Waals surface area contributed by atoms with E-state index in [1.54, 1.807) is 20.3 Å². The predicted molar refractivity (Wildman–Crippen MR) is 123 cm³/mol. The number of carbonyl (C=O) groups is 1. The molecule has 174 valence electrons. The van der Waals surface area contributed by atoms with E-state index in [0.717, 1.165) is 5.56 Å². The van der Waals surface area contributed by atoms with Crippen molar-refractivity contribution in [2.45, 2.75) is 18.6 Å². The molecule has 3 aromatic rings. The molecule has 0 spiro atoms. The quantitative estimate of drug-likeness (QED) is 0.266. The van der Waals surface area contributed by atoms with Crippen molar-refractivity contribution in [1.29, 1.82) is 0 Å². The van der Waals surface area contributed by atoms with Crippen LogP contribution >= 0.6 is 11.8 Å². The Morgan fingerprint density at radius 1 is 1.09 bits per heavy atom. The predicted octanol–water partition coefficient (Wildman–Crippen LogP) is 3.63. The molecule has 3 rings (SSSR count). The van der Waals surface area contributed by atoms with Crippen LogP contribution in [0.25, 0.3) is 11.4 Å². The van der Waals surface area contributed by atoms with Gasteiger partial charge in [-0.05, 0) is 25.1 Å². The number of nitrogens with zero attached hydrogens (tertiary/aromatic N) is 4. The number of benzene rings is 2. The minimum absolute atomic E-state index is 0.0553. The largest absolute Gasteiger partial charge is 0.497 e. The first-order valence-corrected chi connectivity index (χ1v) is 10.8. The Balaban J connectivity index is 1.75. The van der Waals surface area contributed by atoms with Crippen LogP contribution in [0.15, 0.2) is 41.6 Å². The molecule has 0 radical (unpaired) electrons. The molecule has 0 saturated heterocycles. The lowest BCUT2D eigenvalue weighted by atomic mass is 10.2. The van der Waals surface area contributed by atoms with Crippen molar-refractivity contribution in [2.24, 2.45) is 0 Å². The zero-order chi connectivity index (χ0) is 24.0. The van der Waals surface area contributed by atoms with Gasteiger partial charge < -0.3 is 24.1 Å². The van der Waals surface area contributed by atoms with Gasteiger partial charge in [-0.3, -0.25) is 14.9 Å². The smallest absolute Gasteiger partial charge is 0.273 e. The number of hydrogen-bond acceptors (Lipinski definition) is 9. The van der Waals surface area contributed by atoms with Gasteiger partial charge in [0.15, 0.2) is 11.0 Å². The van der Waals surface area contributed by atoms with E-state index in [2.05, 4.69) is 15.5 Å². The lowest BCUT2D eigenvalue weighted by Crippen LogP contribution is -2.15. The molecule has 11 nitrogen and oxygen atoms in total. The van der Waals surface area contributed by atoms with E-state index in [1.165, 1.54) is 37.1 Å². The van der Waals surface area contributed by atoms with Gasteiger partial charge in [-0.1, -0.05) is 11.8 Å². The number of amides is 1. The molecule has 0 unspecified atom stereocenters. The van der Waals surface area contributed by atoms with Crippen LogP contribution in [0.3, 0.4) is 0 Å². The minimum Gasteiger partial charge on any atom is -0.497 e. The number of ether oxygens (including phenoxy) is 3. The average Bonchev–Trinajstić information content (AvgIpc) is 3.25. The van der Waals surface area contributed by atoms with E-state index >= 15 is 0 Å². The molecule has 0 aliphatic rings. The van der Waals surface area contributed by atoms with Gasteiger partial charge in [-0.25, -0.2) is 0 Å². The first kappa shape index (κ1) is 23.9. The van der Waals surface area contributed by atoms with Gasteiger partial charge in [0, 0.05) is 24.2 Å². The van der Waals surface area contributed by atoms with Crippen molar-refractivity contribution in [3.8, 4) is 28.6 Å². The third kappa shape index (κ3) is 5.52. The number of methoxy groups -OCH3 is 3. The lowest BCUT2D eigenvalue weighted by Gasteiger charge is -2.11. The molecular weight excluding hydrogens is 450 g/mol. The fraction of sp³-hybridized carbons (Fsp3) is 0.286. The van der Waals surface area contributed by atoms with Crippen LogP contribution in [0.2, 0.25) is 0 Å². The highest BCUT2D eigenvalue weighted by atomic mass is 32.2. The molecule has 0 aliphatic heterocycles. The highest BCUT2D eigenvalue weighted by Crippen LogP contribution is 2.32. The number of carbonyl (C=O) groups excluding carboxylic acids is 1. The monoisotopic (exact) mass is 473 g/mol. The maximum absolute atomic E-state index is 12.5. The topological polar surface area (TPSA) is 131 Å². The third-order valence-electron chi connectivity index (χ3n) is 4.65.